The molecule has 2 amide bonds. The number of sulfone groups is 1. The van der Waals surface area contributed by atoms with Crippen LogP contribution in [0.3, 0.4) is 0 Å². The fourth-order valence-corrected chi connectivity index (χ4v) is 4.49. The Kier molecular flexibility index (Phi) is 8.92. The lowest BCUT2D eigenvalue weighted by molar-refractivity contribution is -0.140. The van der Waals surface area contributed by atoms with Crippen molar-refractivity contribution in [3.63, 3.8) is 0 Å². The normalized spacial score (nSPS) is 14.5. The first-order valence-electron chi connectivity index (χ1n) is 11.4. The zero-order valence-corrected chi connectivity index (χ0v) is 20.5. The van der Waals surface area contributed by atoms with Crippen molar-refractivity contribution in [3.8, 4) is 11.5 Å². The van der Waals surface area contributed by atoms with Crippen LogP contribution in [0.1, 0.15) is 19.3 Å². The lowest BCUT2D eigenvalue weighted by atomic mass is 9.95. The molecule has 1 heterocycles. The Morgan fingerprint density at radius 1 is 1.00 bits per heavy atom. The maximum atomic E-state index is 12.8. The molecule has 1 aliphatic rings. The zero-order chi connectivity index (χ0) is 24.6. The fourth-order valence-electron chi connectivity index (χ4n) is 3.84. The van der Waals surface area contributed by atoms with Crippen molar-refractivity contribution in [1.29, 1.82) is 0 Å². The van der Waals surface area contributed by atoms with E-state index in [1.165, 1.54) is 12.1 Å². The van der Waals surface area contributed by atoms with Crippen molar-refractivity contribution in [3.05, 3.63) is 54.6 Å². The summed E-state index contributed by atoms with van der Waals surface area (Å²) in [6.45, 7) is 1.99. The molecule has 2 aromatic rings. The van der Waals surface area contributed by atoms with E-state index in [0.717, 1.165) is 6.26 Å². The summed E-state index contributed by atoms with van der Waals surface area (Å²) in [5.74, 6) is 1.06. The van der Waals surface area contributed by atoms with Crippen molar-refractivity contribution in [1.82, 2.24) is 9.80 Å². The number of hydrogen-bond acceptors (Lipinski definition) is 6. The molecule has 8 nitrogen and oxygen atoms in total. The van der Waals surface area contributed by atoms with Gasteiger partial charge in [0.25, 0.3) is 5.91 Å². The number of rotatable bonds is 10. The summed E-state index contributed by atoms with van der Waals surface area (Å²) >= 11 is 0. The number of nitrogens with zero attached hydrogens (tertiary/aromatic N) is 2. The van der Waals surface area contributed by atoms with Crippen LogP contribution in [0.4, 0.5) is 0 Å². The highest BCUT2D eigenvalue weighted by atomic mass is 32.2. The van der Waals surface area contributed by atoms with Crippen molar-refractivity contribution in [2.75, 3.05) is 46.2 Å². The Hall–Kier alpha value is -3.07. The first kappa shape index (κ1) is 25.6. The molecular formula is C25H32N2O6S. The number of benzene rings is 2. The number of amides is 2. The van der Waals surface area contributed by atoms with E-state index in [4.69, 9.17) is 9.47 Å². The average molecular weight is 489 g/mol. The molecule has 0 aromatic heterocycles. The second-order valence-electron chi connectivity index (χ2n) is 8.47. The summed E-state index contributed by atoms with van der Waals surface area (Å²) in [6, 6.07) is 15.6. The number of likely N-dealkylation sites (tertiary alicyclic amines) is 1. The molecule has 2 aromatic carbocycles. The van der Waals surface area contributed by atoms with Gasteiger partial charge in [-0.1, -0.05) is 24.3 Å². The van der Waals surface area contributed by atoms with Gasteiger partial charge >= 0.3 is 0 Å². The van der Waals surface area contributed by atoms with Gasteiger partial charge in [-0.05, 0) is 49.6 Å². The molecule has 0 N–H and O–H groups in total. The van der Waals surface area contributed by atoms with Crippen LogP contribution in [0.5, 0.6) is 11.5 Å². The maximum absolute atomic E-state index is 12.8. The largest absolute Gasteiger partial charge is 0.493 e. The summed E-state index contributed by atoms with van der Waals surface area (Å²) in [5.41, 5.74) is 0. The van der Waals surface area contributed by atoms with Gasteiger partial charge in [-0.3, -0.25) is 9.59 Å². The van der Waals surface area contributed by atoms with Gasteiger partial charge < -0.3 is 19.3 Å². The highest BCUT2D eigenvalue weighted by Gasteiger charge is 2.29. The Labute approximate surface area is 201 Å². The monoisotopic (exact) mass is 488 g/mol. The van der Waals surface area contributed by atoms with Crippen LogP contribution >= 0.6 is 0 Å². The van der Waals surface area contributed by atoms with Gasteiger partial charge in [0.15, 0.2) is 16.4 Å². The molecule has 0 atom stereocenters. The smallest absolute Gasteiger partial charge is 0.260 e. The molecule has 9 heteroatoms. The molecule has 1 fully saturated rings. The number of para-hydroxylation sites is 1. The second kappa shape index (κ2) is 11.9. The summed E-state index contributed by atoms with van der Waals surface area (Å²) in [7, 11) is -1.51. The minimum atomic E-state index is -3.28. The van der Waals surface area contributed by atoms with E-state index in [1.54, 1.807) is 29.0 Å². The number of carbonyl (C=O) groups is 2. The molecule has 0 spiro atoms. The van der Waals surface area contributed by atoms with Crippen molar-refractivity contribution >= 4 is 21.7 Å². The van der Waals surface area contributed by atoms with Crippen LogP contribution in [-0.2, 0) is 19.4 Å². The second-order valence-corrected chi connectivity index (χ2v) is 10.5. The van der Waals surface area contributed by atoms with E-state index < -0.39 is 9.84 Å². The van der Waals surface area contributed by atoms with Crippen LogP contribution in [0, 0.1) is 5.92 Å². The molecule has 1 aliphatic heterocycles. The van der Waals surface area contributed by atoms with Crippen LogP contribution in [0.15, 0.2) is 59.5 Å². The summed E-state index contributed by atoms with van der Waals surface area (Å²) < 4.78 is 34.5. The molecule has 1 saturated heterocycles. The van der Waals surface area contributed by atoms with E-state index >= 15 is 0 Å². The zero-order valence-electron chi connectivity index (χ0n) is 19.7. The van der Waals surface area contributed by atoms with Crippen molar-refractivity contribution in [2.24, 2.45) is 5.92 Å². The Morgan fingerprint density at radius 2 is 1.68 bits per heavy atom. The molecule has 0 radical (unpaired) electrons. The van der Waals surface area contributed by atoms with Crippen molar-refractivity contribution < 1.29 is 27.5 Å². The van der Waals surface area contributed by atoms with Crippen molar-refractivity contribution in [2.45, 2.75) is 24.2 Å². The molecule has 0 aliphatic carbocycles. The van der Waals surface area contributed by atoms with Gasteiger partial charge in [-0.15, -0.1) is 0 Å². The molecule has 0 saturated carbocycles. The molecule has 3 rings (SSSR count). The van der Waals surface area contributed by atoms with E-state index in [2.05, 4.69) is 0 Å². The summed E-state index contributed by atoms with van der Waals surface area (Å²) in [6.07, 6.45) is 3.05. The van der Waals surface area contributed by atoms with Gasteiger partial charge in [0.2, 0.25) is 5.91 Å². The third-order valence-corrected chi connectivity index (χ3v) is 6.93. The minimum Gasteiger partial charge on any atom is -0.493 e. The number of piperidine rings is 1. The van der Waals surface area contributed by atoms with Gasteiger partial charge in [-0.25, -0.2) is 8.42 Å². The molecule has 34 heavy (non-hydrogen) atoms. The highest BCUT2D eigenvalue weighted by molar-refractivity contribution is 7.90. The quantitative estimate of drug-likeness (QED) is 0.478. The lowest BCUT2D eigenvalue weighted by Crippen LogP contribution is -2.45. The first-order chi connectivity index (χ1) is 16.2. The van der Waals surface area contributed by atoms with Gasteiger partial charge in [0.05, 0.1) is 11.5 Å². The maximum Gasteiger partial charge on any atom is 0.260 e. The number of ether oxygens (including phenoxy) is 2. The van der Waals surface area contributed by atoms with Crippen LogP contribution in [0.25, 0.3) is 0 Å². The molecule has 0 bridgehead atoms. The summed E-state index contributed by atoms with van der Waals surface area (Å²) in [5, 5.41) is 0. The van der Waals surface area contributed by atoms with Crippen LogP contribution in [-0.4, -0.2) is 76.2 Å². The van der Waals surface area contributed by atoms with Gasteiger partial charge in [0.1, 0.15) is 11.5 Å². The highest BCUT2D eigenvalue weighted by Crippen LogP contribution is 2.21. The van der Waals surface area contributed by atoms with Gasteiger partial charge in [0, 0.05) is 38.9 Å². The molecule has 0 unspecified atom stereocenters. The predicted molar refractivity (Wildman–Crippen MR) is 129 cm³/mol. The number of hydrogen-bond donors (Lipinski definition) is 0. The average Bonchev–Trinajstić information content (AvgIpc) is 2.85. The Bertz CT molecular complexity index is 1070. The SMILES string of the molecule is CN(CCCOc1cccc(S(C)(=O)=O)c1)C(=O)C1CCN(C(=O)COc2ccccc2)CC1. The van der Waals surface area contributed by atoms with Crippen LogP contribution < -0.4 is 9.47 Å². The third kappa shape index (κ3) is 7.48. The van der Waals surface area contributed by atoms with E-state index in [9.17, 15) is 18.0 Å². The van der Waals surface area contributed by atoms with Crippen LogP contribution in [0.2, 0.25) is 0 Å². The molecule has 184 valence electrons. The molecular weight excluding hydrogens is 456 g/mol. The Balaban J connectivity index is 1.35. The minimum absolute atomic E-state index is 0.00434. The topological polar surface area (TPSA) is 93.2 Å². The van der Waals surface area contributed by atoms with E-state index in [1.807, 2.05) is 30.3 Å². The standard InChI is InChI=1S/C25H32N2O6S/c1-26(14-7-17-32-22-10-6-11-23(18-22)34(2,30)31)25(29)20-12-15-27(16-13-20)24(28)19-33-21-8-4-3-5-9-21/h3-6,8-11,18,20H,7,12-17,19H2,1-2H3. The summed E-state index contributed by atoms with van der Waals surface area (Å²) in [4.78, 5) is 28.9. The Morgan fingerprint density at radius 3 is 2.35 bits per heavy atom. The lowest BCUT2D eigenvalue weighted by Gasteiger charge is -2.33. The van der Waals surface area contributed by atoms with E-state index in [-0.39, 0.29) is 29.2 Å². The predicted octanol–water partition coefficient (Wildman–Crippen LogP) is 2.64. The first-order valence-corrected chi connectivity index (χ1v) is 13.3. The van der Waals surface area contributed by atoms with Gasteiger partial charge in [-0.2, -0.15) is 0 Å². The number of carbonyl (C=O) groups excluding carboxylic acids is 2. The fraction of sp³-hybridized carbons (Fsp3) is 0.440. The third-order valence-electron chi connectivity index (χ3n) is 5.82. The van der Waals surface area contributed by atoms with E-state index in [0.29, 0.717) is 57.0 Å².